The molecule has 0 spiro atoms. The average Bonchev–Trinajstić information content (AvgIpc) is 2.82. The van der Waals surface area contributed by atoms with Crippen LogP contribution in [0, 0.1) is 0 Å². The van der Waals surface area contributed by atoms with E-state index in [2.05, 4.69) is 64.1 Å². The molecule has 3 rings (SSSR count). The fraction of sp³-hybridized carbons (Fsp3) is 0.0714. The molecule has 1 aromatic heterocycles. The third kappa shape index (κ3) is 1.72. The predicted octanol–water partition coefficient (Wildman–Crippen LogP) is 3.24. The Balaban J connectivity index is 2.10. The minimum atomic E-state index is 0.949. The number of benzene rings is 2. The number of aromatic nitrogens is 1. The molecule has 2 heteroatoms. The van der Waals surface area contributed by atoms with Gasteiger partial charge in [-0.3, -0.25) is 0 Å². The summed E-state index contributed by atoms with van der Waals surface area (Å²) in [7, 11) is 0. The minimum Gasteiger partial charge on any atom is -0.191 e. The maximum Gasteiger partial charge on any atom is 0.224 e. The summed E-state index contributed by atoms with van der Waals surface area (Å²) in [6.45, 7) is 0.949. The minimum absolute atomic E-state index is 0.949. The summed E-state index contributed by atoms with van der Waals surface area (Å²) in [5.74, 6) is 0. The zero-order chi connectivity index (χ0) is 10.8. The number of rotatable bonds is 2. The SMILES string of the molecule is c1ccc2c(C[n+]3ccsc3)cccc2c1. The van der Waals surface area contributed by atoms with Gasteiger partial charge in [0.15, 0.2) is 12.7 Å². The van der Waals surface area contributed by atoms with Gasteiger partial charge in [-0.2, -0.15) is 4.57 Å². The van der Waals surface area contributed by atoms with Crippen LogP contribution in [0.1, 0.15) is 5.56 Å². The monoisotopic (exact) mass is 226 g/mol. The Kier molecular flexibility index (Phi) is 2.43. The summed E-state index contributed by atoms with van der Waals surface area (Å²) in [6.07, 6.45) is 2.12. The van der Waals surface area contributed by atoms with Gasteiger partial charge in [0.25, 0.3) is 0 Å². The van der Waals surface area contributed by atoms with Crippen LogP contribution in [0.3, 0.4) is 0 Å². The summed E-state index contributed by atoms with van der Waals surface area (Å²) < 4.78 is 2.21. The van der Waals surface area contributed by atoms with Crippen molar-refractivity contribution >= 4 is 22.1 Å². The molecule has 0 saturated carbocycles. The Bertz CT molecular complexity index is 594. The summed E-state index contributed by atoms with van der Waals surface area (Å²) in [4.78, 5) is 0. The Labute approximate surface area is 98.6 Å². The lowest BCUT2D eigenvalue weighted by atomic mass is 10.0. The number of hydrogen-bond donors (Lipinski definition) is 0. The van der Waals surface area contributed by atoms with Crippen LogP contribution in [-0.4, -0.2) is 0 Å². The molecule has 0 amide bonds. The molecule has 2 aromatic carbocycles. The van der Waals surface area contributed by atoms with Gasteiger partial charge in [0.1, 0.15) is 0 Å². The first-order valence-corrected chi connectivity index (χ1v) is 6.26. The molecule has 16 heavy (non-hydrogen) atoms. The maximum absolute atomic E-state index is 2.21. The second-order valence-electron chi connectivity index (χ2n) is 3.84. The second kappa shape index (κ2) is 4.06. The largest absolute Gasteiger partial charge is 0.224 e. The normalized spacial score (nSPS) is 10.8. The lowest BCUT2D eigenvalue weighted by molar-refractivity contribution is -0.683. The van der Waals surface area contributed by atoms with Crippen molar-refractivity contribution in [2.45, 2.75) is 6.54 Å². The van der Waals surface area contributed by atoms with Gasteiger partial charge in [0.2, 0.25) is 5.51 Å². The van der Waals surface area contributed by atoms with Gasteiger partial charge in [-0.15, -0.1) is 0 Å². The average molecular weight is 226 g/mol. The number of fused-ring (bicyclic) bond motifs is 1. The third-order valence-corrected chi connectivity index (χ3v) is 3.43. The van der Waals surface area contributed by atoms with Crippen LogP contribution in [-0.2, 0) is 6.54 Å². The summed E-state index contributed by atoms with van der Waals surface area (Å²) in [5.41, 5.74) is 3.52. The van der Waals surface area contributed by atoms with E-state index in [0.717, 1.165) is 6.54 Å². The van der Waals surface area contributed by atoms with Crippen LogP contribution in [0.15, 0.2) is 59.6 Å². The Morgan fingerprint density at radius 2 is 1.88 bits per heavy atom. The maximum atomic E-state index is 2.21. The van der Waals surface area contributed by atoms with Crippen LogP contribution in [0.25, 0.3) is 10.8 Å². The Morgan fingerprint density at radius 3 is 2.75 bits per heavy atom. The molecule has 0 fully saturated rings. The van der Waals surface area contributed by atoms with E-state index < -0.39 is 0 Å². The standard InChI is InChI=1S/C14H12NS/c1-2-7-14-12(4-1)5-3-6-13(14)10-15-8-9-16-11-15/h1-9,11H,10H2/q+1. The predicted molar refractivity (Wildman–Crippen MR) is 67.6 cm³/mol. The highest BCUT2D eigenvalue weighted by Crippen LogP contribution is 2.18. The van der Waals surface area contributed by atoms with Crippen LogP contribution < -0.4 is 4.57 Å². The molecule has 0 bridgehead atoms. The van der Waals surface area contributed by atoms with Crippen LogP contribution in [0.2, 0.25) is 0 Å². The molecular weight excluding hydrogens is 214 g/mol. The van der Waals surface area contributed by atoms with Gasteiger partial charge in [-0.05, 0) is 10.8 Å². The summed E-state index contributed by atoms with van der Waals surface area (Å²) in [6, 6.07) is 15.0. The van der Waals surface area contributed by atoms with Crippen LogP contribution in [0.5, 0.6) is 0 Å². The highest BCUT2D eigenvalue weighted by molar-refractivity contribution is 7.07. The van der Waals surface area contributed by atoms with E-state index in [9.17, 15) is 0 Å². The van der Waals surface area contributed by atoms with E-state index in [1.54, 1.807) is 11.3 Å². The van der Waals surface area contributed by atoms with E-state index in [1.807, 2.05) is 0 Å². The van der Waals surface area contributed by atoms with Gasteiger partial charge < -0.3 is 0 Å². The van der Waals surface area contributed by atoms with Crippen molar-refractivity contribution in [1.29, 1.82) is 0 Å². The zero-order valence-corrected chi connectivity index (χ0v) is 9.65. The number of hydrogen-bond acceptors (Lipinski definition) is 1. The van der Waals surface area contributed by atoms with E-state index in [0.29, 0.717) is 0 Å². The molecule has 3 aromatic rings. The molecule has 0 aliphatic carbocycles. The Hall–Kier alpha value is -1.67. The fourth-order valence-electron chi connectivity index (χ4n) is 1.98. The fourth-order valence-corrected chi connectivity index (χ4v) is 2.58. The van der Waals surface area contributed by atoms with Gasteiger partial charge in [-0.25, -0.2) is 0 Å². The van der Waals surface area contributed by atoms with E-state index in [1.165, 1.54) is 16.3 Å². The molecule has 1 nitrogen and oxygen atoms in total. The van der Waals surface area contributed by atoms with Gasteiger partial charge >= 0.3 is 0 Å². The molecule has 0 unspecified atom stereocenters. The van der Waals surface area contributed by atoms with Crippen molar-refractivity contribution in [2.75, 3.05) is 0 Å². The van der Waals surface area contributed by atoms with Crippen molar-refractivity contribution in [3.8, 4) is 0 Å². The van der Waals surface area contributed by atoms with Crippen molar-refractivity contribution in [1.82, 2.24) is 0 Å². The lowest BCUT2D eigenvalue weighted by Gasteiger charge is -2.02. The van der Waals surface area contributed by atoms with Gasteiger partial charge in [0.05, 0.1) is 5.38 Å². The molecule has 0 aliphatic heterocycles. The Morgan fingerprint density at radius 1 is 1.00 bits per heavy atom. The smallest absolute Gasteiger partial charge is 0.191 e. The highest BCUT2D eigenvalue weighted by atomic mass is 32.1. The van der Waals surface area contributed by atoms with Gasteiger partial charge in [-0.1, -0.05) is 53.8 Å². The quantitative estimate of drug-likeness (QED) is 0.591. The third-order valence-electron chi connectivity index (χ3n) is 2.76. The highest BCUT2D eigenvalue weighted by Gasteiger charge is 2.05. The van der Waals surface area contributed by atoms with E-state index in [-0.39, 0.29) is 0 Å². The van der Waals surface area contributed by atoms with Crippen molar-refractivity contribution in [2.24, 2.45) is 0 Å². The molecule has 0 N–H and O–H groups in total. The van der Waals surface area contributed by atoms with Crippen molar-refractivity contribution in [3.63, 3.8) is 0 Å². The summed E-state index contributed by atoms with van der Waals surface area (Å²) >= 11 is 1.73. The first-order valence-electron chi connectivity index (χ1n) is 5.31. The van der Waals surface area contributed by atoms with E-state index >= 15 is 0 Å². The molecule has 78 valence electrons. The van der Waals surface area contributed by atoms with Crippen molar-refractivity contribution in [3.05, 3.63) is 65.1 Å². The first-order chi connectivity index (χ1) is 7.93. The van der Waals surface area contributed by atoms with Crippen molar-refractivity contribution < 1.29 is 4.57 Å². The second-order valence-corrected chi connectivity index (χ2v) is 4.59. The number of thiazole rings is 1. The number of nitrogens with zero attached hydrogens (tertiary/aromatic N) is 1. The molecule has 1 heterocycles. The van der Waals surface area contributed by atoms with Crippen LogP contribution in [0.4, 0.5) is 0 Å². The zero-order valence-electron chi connectivity index (χ0n) is 8.84. The summed E-state index contributed by atoms with van der Waals surface area (Å²) in [5, 5.41) is 4.77. The first kappa shape index (κ1) is 9.55. The van der Waals surface area contributed by atoms with E-state index in [4.69, 9.17) is 0 Å². The molecule has 0 saturated heterocycles. The topological polar surface area (TPSA) is 3.88 Å². The van der Waals surface area contributed by atoms with Gasteiger partial charge in [0, 0.05) is 5.56 Å². The molecule has 0 radical (unpaired) electrons. The lowest BCUT2D eigenvalue weighted by Crippen LogP contribution is -2.30. The molecular formula is C14H12NS+. The molecule has 0 atom stereocenters. The molecule has 0 aliphatic rings. The van der Waals surface area contributed by atoms with Crippen LogP contribution >= 0.6 is 11.3 Å².